The minimum Gasteiger partial charge on any atom is -0.370 e. The summed E-state index contributed by atoms with van der Waals surface area (Å²) >= 11 is 0. The first-order valence-electron chi connectivity index (χ1n) is 6.30. The predicted molar refractivity (Wildman–Crippen MR) is 85.0 cm³/mol. The summed E-state index contributed by atoms with van der Waals surface area (Å²) in [6.45, 7) is 8.57. The van der Waals surface area contributed by atoms with E-state index in [1.807, 2.05) is 0 Å². The van der Waals surface area contributed by atoms with E-state index in [1.165, 1.54) is 13.0 Å². The molecule has 17 heavy (non-hydrogen) atoms. The van der Waals surface area contributed by atoms with E-state index in [0.717, 1.165) is 26.1 Å². The summed E-state index contributed by atoms with van der Waals surface area (Å²) in [5.74, 6) is 2.01. The van der Waals surface area contributed by atoms with Crippen LogP contribution in [0.3, 0.4) is 0 Å². The van der Waals surface area contributed by atoms with E-state index in [1.54, 1.807) is 0 Å². The van der Waals surface area contributed by atoms with Crippen molar-refractivity contribution in [3.8, 4) is 0 Å². The van der Waals surface area contributed by atoms with E-state index in [2.05, 4.69) is 36.1 Å². The van der Waals surface area contributed by atoms with Crippen LogP contribution in [-0.2, 0) is 0 Å². The second-order valence-electron chi connectivity index (χ2n) is 5.25. The first-order chi connectivity index (χ1) is 7.58. The van der Waals surface area contributed by atoms with Gasteiger partial charge in [-0.1, -0.05) is 13.8 Å². The lowest BCUT2D eigenvalue weighted by molar-refractivity contribution is 0.397. The zero-order chi connectivity index (χ0) is 12.0. The molecular weight excluding hydrogens is 327 g/mol. The van der Waals surface area contributed by atoms with Crippen LogP contribution in [0.2, 0.25) is 0 Å². The highest BCUT2D eigenvalue weighted by atomic mass is 127. The minimum atomic E-state index is 0. The third-order valence-electron chi connectivity index (χ3n) is 3.04. The predicted octanol–water partition coefficient (Wildman–Crippen LogP) is 1.51. The molecule has 1 rings (SSSR count). The van der Waals surface area contributed by atoms with E-state index in [0.29, 0.717) is 17.8 Å². The lowest BCUT2D eigenvalue weighted by atomic mass is 10.1. The molecule has 0 bridgehead atoms. The Labute approximate surface area is 122 Å². The molecule has 0 radical (unpaired) electrons. The number of nitrogens with two attached hydrogens (primary N) is 1. The largest absolute Gasteiger partial charge is 0.370 e. The van der Waals surface area contributed by atoms with Crippen LogP contribution < -0.4 is 11.1 Å². The minimum absolute atomic E-state index is 0. The van der Waals surface area contributed by atoms with Gasteiger partial charge in [0.1, 0.15) is 0 Å². The van der Waals surface area contributed by atoms with Crippen LogP contribution in [0.15, 0.2) is 4.99 Å². The quantitative estimate of drug-likeness (QED) is 0.447. The molecule has 0 aromatic heterocycles. The number of rotatable bonds is 5. The van der Waals surface area contributed by atoms with Gasteiger partial charge in [-0.3, -0.25) is 4.99 Å². The Bertz CT molecular complexity index is 231. The summed E-state index contributed by atoms with van der Waals surface area (Å²) in [5.41, 5.74) is 5.80. The molecule has 5 heteroatoms. The molecule has 0 amide bonds. The highest BCUT2D eigenvalue weighted by molar-refractivity contribution is 14.0. The van der Waals surface area contributed by atoms with Crippen LogP contribution >= 0.6 is 24.0 Å². The fourth-order valence-corrected chi connectivity index (χ4v) is 1.95. The maximum atomic E-state index is 5.80. The Morgan fingerprint density at radius 2 is 2.24 bits per heavy atom. The molecule has 1 aliphatic heterocycles. The van der Waals surface area contributed by atoms with Crippen molar-refractivity contribution in [2.45, 2.75) is 26.7 Å². The van der Waals surface area contributed by atoms with Crippen molar-refractivity contribution < 1.29 is 0 Å². The van der Waals surface area contributed by atoms with Crippen LogP contribution in [0.25, 0.3) is 0 Å². The molecule has 1 atom stereocenters. The van der Waals surface area contributed by atoms with Gasteiger partial charge in [0, 0.05) is 19.6 Å². The SMILES string of the molecule is CC(C)CCNC(N)=NCC1CCN(C)C1.I. The number of guanidine groups is 1. The van der Waals surface area contributed by atoms with Crippen molar-refractivity contribution in [2.75, 3.05) is 33.2 Å². The molecule has 3 N–H and O–H groups in total. The third kappa shape index (κ3) is 7.81. The summed E-state index contributed by atoms with van der Waals surface area (Å²) in [4.78, 5) is 6.74. The van der Waals surface area contributed by atoms with Gasteiger partial charge in [0.05, 0.1) is 0 Å². The number of nitrogens with one attached hydrogen (secondary N) is 1. The highest BCUT2D eigenvalue weighted by Crippen LogP contribution is 2.13. The average Bonchev–Trinajstić information content (AvgIpc) is 2.61. The Morgan fingerprint density at radius 1 is 1.53 bits per heavy atom. The molecule has 102 valence electrons. The Hall–Kier alpha value is -0.0400. The van der Waals surface area contributed by atoms with Gasteiger partial charge in [-0.15, -0.1) is 24.0 Å². The monoisotopic (exact) mass is 354 g/mol. The van der Waals surface area contributed by atoms with Gasteiger partial charge in [0.2, 0.25) is 0 Å². The van der Waals surface area contributed by atoms with Crippen molar-refractivity contribution in [1.29, 1.82) is 0 Å². The van der Waals surface area contributed by atoms with E-state index >= 15 is 0 Å². The van der Waals surface area contributed by atoms with Crippen LogP contribution in [0, 0.1) is 11.8 Å². The van der Waals surface area contributed by atoms with Gasteiger partial charge in [0.15, 0.2) is 5.96 Å². The van der Waals surface area contributed by atoms with Crippen LogP contribution in [0.4, 0.5) is 0 Å². The lowest BCUT2D eigenvalue weighted by Gasteiger charge is -2.10. The summed E-state index contributed by atoms with van der Waals surface area (Å²) in [6, 6.07) is 0. The Kier molecular flexibility index (Phi) is 8.94. The third-order valence-corrected chi connectivity index (χ3v) is 3.04. The fourth-order valence-electron chi connectivity index (χ4n) is 1.95. The molecule has 1 heterocycles. The summed E-state index contributed by atoms with van der Waals surface area (Å²) < 4.78 is 0. The van der Waals surface area contributed by atoms with Gasteiger partial charge in [-0.05, 0) is 38.3 Å². The van der Waals surface area contributed by atoms with Crippen molar-refractivity contribution in [1.82, 2.24) is 10.2 Å². The molecule has 0 saturated carbocycles. The van der Waals surface area contributed by atoms with Crippen LogP contribution in [-0.4, -0.2) is 44.1 Å². The second-order valence-corrected chi connectivity index (χ2v) is 5.25. The first kappa shape index (κ1) is 17.0. The van der Waals surface area contributed by atoms with E-state index in [-0.39, 0.29) is 24.0 Å². The molecule has 1 fully saturated rings. The summed E-state index contributed by atoms with van der Waals surface area (Å²) in [7, 11) is 2.16. The van der Waals surface area contributed by atoms with Gasteiger partial charge in [-0.2, -0.15) is 0 Å². The Morgan fingerprint density at radius 3 is 2.76 bits per heavy atom. The maximum absolute atomic E-state index is 5.80. The lowest BCUT2D eigenvalue weighted by Crippen LogP contribution is -2.33. The number of likely N-dealkylation sites (tertiary alicyclic amines) is 1. The zero-order valence-corrected chi connectivity index (χ0v) is 13.6. The van der Waals surface area contributed by atoms with Gasteiger partial charge < -0.3 is 16.0 Å². The van der Waals surface area contributed by atoms with Crippen LogP contribution in [0.5, 0.6) is 0 Å². The molecule has 1 unspecified atom stereocenters. The molecule has 0 spiro atoms. The summed E-state index contributed by atoms with van der Waals surface area (Å²) in [5, 5.41) is 3.16. The van der Waals surface area contributed by atoms with Gasteiger partial charge >= 0.3 is 0 Å². The van der Waals surface area contributed by atoms with Crippen LogP contribution in [0.1, 0.15) is 26.7 Å². The number of hydrogen-bond acceptors (Lipinski definition) is 2. The normalized spacial score (nSPS) is 21.6. The first-order valence-corrected chi connectivity index (χ1v) is 6.30. The van der Waals surface area contributed by atoms with Crippen molar-refractivity contribution in [3.63, 3.8) is 0 Å². The maximum Gasteiger partial charge on any atom is 0.188 e. The molecule has 0 aliphatic carbocycles. The Balaban J connectivity index is 0.00000256. The van der Waals surface area contributed by atoms with Gasteiger partial charge in [0.25, 0.3) is 0 Å². The van der Waals surface area contributed by atoms with Gasteiger partial charge in [-0.25, -0.2) is 0 Å². The van der Waals surface area contributed by atoms with Crippen molar-refractivity contribution in [3.05, 3.63) is 0 Å². The number of halogens is 1. The summed E-state index contributed by atoms with van der Waals surface area (Å²) in [6.07, 6.45) is 2.39. The molecule has 1 saturated heterocycles. The molecule has 4 nitrogen and oxygen atoms in total. The second kappa shape index (κ2) is 8.97. The van der Waals surface area contributed by atoms with Crippen molar-refractivity contribution >= 4 is 29.9 Å². The molecular formula is C12H27IN4. The fraction of sp³-hybridized carbons (Fsp3) is 0.917. The topological polar surface area (TPSA) is 53.6 Å². The number of hydrogen-bond donors (Lipinski definition) is 2. The number of aliphatic imine (C=N–C) groups is 1. The highest BCUT2D eigenvalue weighted by Gasteiger charge is 2.18. The van der Waals surface area contributed by atoms with E-state index in [9.17, 15) is 0 Å². The van der Waals surface area contributed by atoms with E-state index < -0.39 is 0 Å². The zero-order valence-electron chi connectivity index (χ0n) is 11.3. The number of nitrogens with zero attached hydrogens (tertiary/aromatic N) is 2. The standard InChI is InChI=1S/C12H26N4.HI/c1-10(2)4-6-14-12(13)15-8-11-5-7-16(3)9-11;/h10-11H,4-9H2,1-3H3,(H3,13,14,15);1H. The van der Waals surface area contributed by atoms with Crippen molar-refractivity contribution in [2.24, 2.45) is 22.6 Å². The molecule has 0 aromatic carbocycles. The van der Waals surface area contributed by atoms with E-state index in [4.69, 9.17) is 5.73 Å². The average molecular weight is 354 g/mol. The molecule has 0 aromatic rings. The molecule has 1 aliphatic rings. The smallest absolute Gasteiger partial charge is 0.188 e.